The zero-order chi connectivity index (χ0) is 13.5. The van der Waals surface area contributed by atoms with Crippen molar-refractivity contribution in [3.05, 3.63) is 18.6 Å². The molecule has 0 bridgehead atoms. The molecule has 5 nitrogen and oxygen atoms in total. The predicted octanol–water partition coefficient (Wildman–Crippen LogP) is 2.20. The van der Waals surface area contributed by atoms with Crippen LogP contribution in [-0.4, -0.2) is 41.1 Å². The Hall–Kier alpha value is -1.33. The van der Waals surface area contributed by atoms with Gasteiger partial charge in [0.2, 0.25) is 0 Å². The third kappa shape index (κ3) is 2.49. The molecule has 21 heavy (non-hydrogen) atoms. The molecule has 6 heteroatoms. The Balaban J connectivity index is 0.00000132. The van der Waals surface area contributed by atoms with Crippen molar-refractivity contribution in [2.75, 3.05) is 25.0 Å². The summed E-state index contributed by atoms with van der Waals surface area (Å²) in [5.41, 5.74) is 0.930. The first-order valence-electron chi connectivity index (χ1n) is 7.54. The van der Waals surface area contributed by atoms with Crippen molar-refractivity contribution in [3.63, 3.8) is 0 Å². The van der Waals surface area contributed by atoms with E-state index in [1.165, 1.54) is 32.4 Å². The molecular formula is C15H22ClN5. The summed E-state index contributed by atoms with van der Waals surface area (Å²) >= 11 is 0. The topological polar surface area (TPSA) is 56.8 Å². The van der Waals surface area contributed by atoms with Gasteiger partial charge in [0, 0.05) is 19.3 Å². The number of nitrogens with one attached hydrogen (secondary N) is 2. The summed E-state index contributed by atoms with van der Waals surface area (Å²) in [5.74, 6) is 2.81. The molecule has 2 aliphatic rings. The van der Waals surface area contributed by atoms with Gasteiger partial charge >= 0.3 is 0 Å². The lowest BCUT2D eigenvalue weighted by Crippen LogP contribution is -2.33. The van der Waals surface area contributed by atoms with E-state index < -0.39 is 0 Å². The Morgan fingerprint density at radius 1 is 1.24 bits per heavy atom. The number of aromatic nitrogens is 3. The molecule has 2 N–H and O–H groups in total. The van der Waals surface area contributed by atoms with Gasteiger partial charge in [-0.1, -0.05) is 0 Å². The third-order valence-corrected chi connectivity index (χ3v) is 5.13. The molecule has 0 aromatic carbocycles. The number of hydrogen-bond donors (Lipinski definition) is 2. The molecule has 2 unspecified atom stereocenters. The molecule has 4 rings (SSSR count). The van der Waals surface area contributed by atoms with Gasteiger partial charge in [-0.2, -0.15) is 0 Å². The Labute approximate surface area is 130 Å². The first-order valence-corrected chi connectivity index (χ1v) is 7.54. The van der Waals surface area contributed by atoms with E-state index in [1.807, 2.05) is 6.20 Å². The maximum absolute atomic E-state index is 4.52. The maximum atomic E-state index is 4.52. The largest absolute Gasteiger partial charge is 0.356 e. The number of anilines is 1. The van der Waals surface area contributed by atoms with Crippen molar-refractivity contribution in [1.82, 2.24) is 20.3 Å². The first-order chi connectivity index (χ1) is 9.83. The number of rotatable bonds is 2. The minimum Gasteiger partial charge on any atom is -0.356 e. The van der Waals surface area contributed by atoms with Gasteiger partial charge in [0.05, 0.1) is 5.39 Å². The summed E-state index contributed by atoms with van der Waals surface area (Å²) in [6.45, 7) is 2.38. The number of piperidine rings is 1. The molecule has 3 atom stereocenters. The molecule has 0 spiro atoms. The minimum atomic E-state index is 0. The van der Waals surface area contributed by atoms with Gasteiger partial charge in [0.1, 0.15) is 17.8 Å². The van der Waals surface area contributed by atoms with Crippen LogP contribution in [0.5, 0.6) is 0 Å². The highest BCUT2D eigenvalue weighted by Crippen LogP contribution is 2.39. The Bertz CT molecular complexity index is 599. The van der Waals surface area contributed by atoms with Gasteiger partial charge in [-0.25, -0.2) is 9.97 Å². The number of aromatic amines is 1. The highest BCUT2D eigenvalue weighted by atomic mass is 35.5. The number of halogens is 1. The number of fused-ring (bicyclic) bond motifs is 2. The number of nitrogens with zero attached hydrogens (tertiary/aromatic N) is 3. The van der Waals surface area contributed by atoms with Crippen LogP contribution in [0.1, 0.15) is 19.3 Å². The van der Waals surface area contributed by atoms with Crippen molar-refractivity contribution in [2.24, 2.45) is 11.8 Å². The van der Waals surface area contributed by atoms with Gasteiger partial charge in [-0.3, -0.25) is 0 Å². The smallest absolute Gasteiger partial charge is 0.142 e. The zero-order valence-electron chi connectivity index (χ0n) is 12.2. The van der Waals surface area contributed by atoms with Crippen LogP contribution in [-0.2, 0) is 0 Å². The van der Waals surface area contributed by atoms with Crippen LogP contribution in [0.15, 0.2) is 18.6 Å². The van der Waals surface area contributed by atoms with Crippen LogP contribution in [0.3, 0.4) is 0 Å². The Morgan fingerprint density at radius 2 is 2.10 bits per heavy atom. The quantitative estimate of drug-likeness (QED) is 0.893. The van der Waals surface area contributed by atoms with Crippen LogP contribution in [0, 0.1) is 11.8 Å². The second kappa shape index (κ2) is 5.81. The molecule has 2 aromatic rings. The molecule has 3 heterocycles. The predicted molar refractivity (Wildman–Crippen MR) is 87.0 cm³/mol. The molecule has 1 saturated carbocycles. The lowest BCUT2D eigenvalue weighted by Gasteiger charge is -2.26. The van der Waals surface area contributed by atoms with Crippen LogP contribution in [0.25, 0.3) is 11.0 Å². The lowest BCUT2D eigenvalue weighted by molar-refractivity contribution is 0.295. The van der Waals surface area contributed by atoms with E-state index in [0.717, 1.165) is 28.7 Å². The maximum Gasteiger partial charge on any atom is 0.142 e. The highest BCUT2D eigenvalue weighted by molar-refractivity contribution is 5.87. The van der Waals surface area contributed by atoms with E-state index in [9.17, 15) is 0 Å². The summed E-state index contributed by atoms with van der Waals surface area (Å²) in [4.78, 5) is 14.3. The highest BCUT2D eigenvalue weighted by Gasteiger charge is 2.37. The summed E-state index contributed by atoms with van der Waals surface area (Å²) in [6, 6.07) is 2.68. The molecule has 1 aliphatic carbocycles. The SMILES string of the molecule is CN(c1ncnc2[nH]ccc12)C1CC2CNCC[C@H]2C1.Cl. The third-order valence-electron chi connectivity index (χ3n) is 5.13. The van der Waals surface area contributed by atoms with Crippen molar-refractivity contribution in [3.8, 4) is 0 Å². The standard InChI is InChI=1S/C15H21N5.ClH/c1-20(12-6-10-2-4-16-8-11(10)7-12)15-13-3-5-17-14(13)18-9-19-15;/h3,5,9-12,16H,2,4,6-8H2,1H3,(H,17,18,19);1H/t10-,11?,12?;/m0./s1. The normalized spacial score (nSPS) is 28.1. The second-order valence-corrected chi connectivity index (χ2v) is 6.19. The van der Waals surface area contributed by atoms with E-state index in [-0.39, 0.29) is 12.4 Å². The first kappa shape index (κ1) is 14.6. The molecule has 1 saturated heterocycles. The molecule has 2 fully saturated rings. The van der Waals surface area contributed by atoms with E-state index in [0.29, 0.717) is 6.04 Å². The minimum absolute atomic E-state index is 0. The number of hydrogen-bond acceptors (Lipinski definition) is 4. The molecular weight excluding hydrogens is 286 g/mol. The fourth-order valence-corrected chi connectivity index (χ4v) is 3.99. The zero-order valence-corrected chi connectivity index (χ0v) is 13.1. The second-order valence-electron chi connectivity index (χ2n) is 6.19. The number of H-pyrrole nitrogens is 1. The lowest BCUT2D eigenvalue weighted by atomic mass is 9.90. The fraction of sp³-hybridized carbons (Fsp3) is 0.600. The Morgan fingerprint density at radius 3 is 2.95 bits per heavy atom. The average molecular weight is 308 g/mol. The average Bonchev–Trinajstić information content (AvgIpc) is 3.12. The summed E-state index contributed by atoms with van der Waals surface area (Å²) in [5, 5.41) is 4.66. The monoisotopic (exact) mass is 307 g/mol. The van der Waals surface area contributed by atoms with E-state index in [2.05, 4.69) is 38.3 Å². The van der Waals surface area contributed by atoms with Crippen molar-refractivity contribution >= 4 is 29.3 Å². The fourth-order valence-electron chi connectivity index (χ4n) is 3.99. The van der Waals surface area contributed by atoms with Gasteiger partial charge < -0.3 is 15.2 Å². The van der Waals surface area contributed by atoms with Gasteiger partial charge in [0.25, 0.3) is 0 Å². The molecule has 2 aromatic heterocycles. The summed E-state index contributed by atoms with van der Waals surface area (Å²) in [7, 11) is 2.18. The molecule has 1 aliphatic heterocycles. The van der Waals surface area contributed by atoms with E-state index >= 15 is 0 Å². The van der Waals surface area contributed by atoms with Gasteiger partial charge in [-0.05, 0) is 50.3 Å². The van der Waals surface area contributed by atoms with Crippen LogP contribution in [0.2, 0.25) is 0 Å². The van der Waals surface area contributed by atoms with Crippen LogP contribution >= 0.6 is 12.4 Å². The van der Waals surface area contributed by atoms with Gasteiger partial charge in [-0.15, -0.1) is 12.4 Å². The summed E-state index contributed by atoms with van der Waals surface area (Å²) in [6.07, 6.45) is 7.52. The van der Waals surface area contributed by atoms with E-state index in [1.54, 1.807) is 6.33 Å². The Kier molecular flexibility index (Phi) is 4.04. The van der Waals surface area contributed by atoms with Crippen LogP contribution < -0.4 is 10.2 Å². The van der Waals surface area contributed by atoms with Crippen LogP contribution in [0.4, 0.5) is 5.82 Å². The van der Waals surface area contributed by atoms with Gasteiger partial charge in [0.15, 0.2) is 0 Å². The van der Waals surface area contributed by atoms with Crippen molar-refractivity contribution < 1.29 is 0 Å². The molecule has 114 valence electrons. The molecule has 0 amide bonds. The molecule has 0 radical (unpaired) electrons. The summed E-state index contributed by atoms with van der Waals surface area (Å²) < 4.78 is 0. The van der Waals surface area contributed by atoms with Crippen molar-refractivity contribution in [2.45, 2.75) is 25.3 Å². The van der Waals surface area contributed by atoms with Crippen molar-refractivity contribution in [1.29, 1.82) is 0 Å². The van der Waals surface area contributed by atoms with E-state index in [4.69, 9.17) is 0 Å².